The van der Waals surface area contributed by atoms with E-state index in [1.807, 2.05) is 36.4 Å². The number of rotatable bonds is 1. The molecule has 1 nitrogen and oxygen atoms in total. The first-order valence-corrected chi connectivity index (χ1v) is 4.86. The van der Waals surface area contributed by atoms with Crippen LogP contribution in [0.5, 0.6) is 0 Å². The summed E-state index contributed by atoms with van der Waals surface area (Å²) in [5.74, 6) is 0. The van der Waals surface area contributed by atoms with E-state index in [-0.39, 0.29) is 6.61 Å². The van der Waals surface area contributed by atoms with Crippen molar-refractivity contribution in [2.45, 2.75) is 6.61 Å². The first-order chi connectivity index (χ1) is 6.31. The average molecular weight is 236 g/mol. The zero-order valence-corrected chi connectivity index (χ0v) is 8.54. The molecular formula is C11H8BrO. The fraction of sp³-hybridized carbons (Fsp3) is 0.0909. The molecule has 0 amide bonds. The molecule has 2 heteroatoms. The third kappa shape index (κ3) is 1.60. The molecule has 2 aromatic carbocycles. The van der Waals surface area contributed by atoms with Crippen molar-refractivity contribution in [3.05, 3.63) is 46.4 Å². The van der Waals surface area contributed by atoms with Crippen LogP contribution >= 0.6 is 15.9 Å². The standard InChI is InChI=1S/C11H8BrO/c12-10-5-4-8-2-1-3-9(7-13)11(8)6-10/h1-6H,7H2. The summed E-state index contributed by atoms with van der Waals surface area (Å²) in [6, 6.07) is 11.8. The summed E-state index contributed by atoms with van der Waals surface area (Å²) in [5.41, 5.74) is 0.860. The molecule has 0 N–H and O–H groups in total. The van der Waals surface area contributed by atoms with Crippen LogP contribution in [0.1, 0.15) is 5.56 Å². The number of benzene rings is 2. The lowest BCUT2D eigenvalue weighted by Crippen LogP contribution is -1.83. The van der Waals surface area contributed by atoms with Crippen LogP contribution in [0.15, 0.2) is 40.9 Å². The lowest BCUT2D eigenvalue weighted by atomic mass is 10.1. The number of halogens is 1. The third-order valence-electron chi connectivity index (χ3n) is 2.09. The molecule has 0 saturated carbocycles. The molecule has 2 rings (SSSR count). The van der Waals surface area contributed by atoms with Crippen LogP contribution in [0.3, 0.4) is 0 Å². The maximum Gasteiger partial charge on any atom is 0.108 e. The van der Waals surface area contributed by atoms with Gasteiger partial charge in [-0.2, -0.15) is 0 Å². The Labute approximate surface area is 85.1 Å². The Morgan fingerprint density at radius 3 is 2.77 bits per heavy atom. The van der Waals surface area contributed by atoms with Crippen molar-refractivity contribution < 1.29 is 5.11 Å². The minimum absolute atomic E-state index is 0.159. The van der Waals surface area contributed by atoms with E-state index in [9.17, 15) is 5.11 Å². The van der Waals surface area contributed by atoms with Gasteiger partial charge in [-0.25, -0.2) is 5.11 Å². The van der Waals surface area contributed by atoms with Crippen molar-refractivity contribution in [2.75, 3.05) is 0 Å². The summed E-state index contributed by atoms with van der Waals surface area (Å²) in [6.07, 6.45) is 0. The van der Waals surface area contributed by atoms with Crippen LogP contribution in [-0.4, -0.2) is 0 Å². The molecule has 0 aliphatic heterocycles. The minimum atomic E-state index is -0.159. The van der Waals surface area contributed by atoms with E-state index < -0.39 is 0 Å². The van der Waals surface area contributed by atoms with Gasteiger partial charge in [0.25, 0.3) is 0 Å². The van der Waals surface area contributed by atoms with Crippen molar-refractivity contribution in [1.29, 1.82) is 0 Å². The van der Waals surface area contributed by atoms with Crippen molar-refractivity contribution in [3.8, 4) is 0 Å². The van der Waals surface area contributed by atoms with Gasteiger partial charge in [0.2, 0.25) is 0 Å². The Hall–Kier alpha value is -0.860. The predicted octanol–water partition coefficient (Wildman–Crippen LogP) is 3.53. The van der Waals surface area contributed by atoms with Gasteiger partial charge in [-0.15, -0.1) is 0 Å². The van der Waals surface area contributed by atoms with E-state index in [2.05, 4.69) is 15.9 Å². The largest absolute Gasteiger partial charge is 0.232 e. The molecule has 65 valence electrons. The third-order valence-corrected chi connectivity index (χ3v) is 2.58. The fourth-order valence-corrected chi connectivity index (χ4v) is 1.80. The van der Waals surface area contributed by atoms with Gasteiger partial charge in [0.05, 0.1) is 0 Å². The summed E-state index contributed by atoms with van der Waals surface area (Å²) in [7, 11) is 0. The van der Waals surface area contributed by atoms with E-state index in [1.165, 1.54) is 0 Å². The second-order valence-electron chi connectivity index (χ2n) is 2.93. The molecule has 0 saturated heterocycles. The first kappa shape index (κ1) is 8.73. The lowest BCUT2D eigenvalue weighted by molar-refractivity contribution is 0.179. The van der Waals surface area contributed by atoms with Crippen LogP contribution in [0, 0.1) is 0 Å². The highest BCUT2D eigenvalue weighted by molar-refractivity contribution is 9.10. The zero-order chi connectivity index (χ0) is 9.26. The van der Waals surface area contributed by atoms with Crippen LogP contribution in [0.4, 0.5) is 0 Å². The summed E-state index contributed by atoms with van der Waals surface area (Å²) in [4.78, 5) is 0. The quantitative estimate of drug-likeness (QED) is 0.721. The van der Waals surface area contributed by atoms with E-state index in [1.54, 1.807) is 0 Å². The van der Waals surface area contributed by atoms with Gasteiger partial charge in [-0.1, -0.05) is 40.2 Å². The topological polar surface area (TPSA) is 19.9 Å². The molecule has 0 unspecified atom stereocenters. The normalized spacial score (nSPS) is 10.6. The molecule has 13 heavy (non-hydrogen) atoms. The monoisotopic (exact) mass is 235 g/mol. The molecule has 0 fully saturated rings. The summed E-state index contributed by atoms with van der Waals surface area (Å²) in [6.45, 7) is -0.159. The summed E-state index contributed by atoms with van der Waals surface area (Å²) < 4.78 is 1.01. The Morgan fingerprint density at radius 1 is 1.15 bits per heavy atom. The SMILES string of the molecule is [O]Cc1cccc2ccc(Br)cc12. The van der Waals surface area contributed by atoms with Crippen molar-refractivity contribution in [1.82, 2.24) is 0 Å². The molecule has 0 bridgehead atoms. The van der Waals surface area contributed by atoms with Crippen LogP contribution in [-0.2, 0) is 11.7 Å². The molecule has 0 aliphatic rings. The van der Waals surface area contributed by atoms with Gasteiger partial charge < -0.3 is 0 Å². The maximum atomic E-state index is 10.8. The highest BCUT2D eigenvalue weighted by Gasteiger charge is 1.99. The van der Waals surface area contributed by atoms with Gasteiger partial charge >= 0.3 is 0 Å². The first-order valence-electron chi connectivity index (χ1n) is 4.06. The van der Waals surface area contributed by atoms with E-state index in [0.29, 0.717) is 0 Å². The smallest absolute Gasteiger partial charge is 0.108 e. The van der Waals surface area contributed by atoms with E-state index >= 15 is 0 Å². The van der Waals surface area contributed by atoms with Gasteiger partial charge in [0.1, 0.15) is 6.61 Å². The number of fused-ring (bicyclic) bond motifs is 1. The van der Waals surface area contributed by atoms with Gasteiger partial charge in [0, 0.05) is 4.47 Å². The zero-order valence-electron chi connectivity index (χ0n) is 6.96. The van der Waals surface area contributed by atoms with Gasteiger partial charge in [-0.05, 0) is 28.5 Å². The molecule has 0 aliphatic carbocycles. The highest BCUT2D eigenvalue weighted by Crippen LogP contribution is 2.23. The number of hydrogen-bond donors (Lipinski definition) is 0. The van der Waals surface area contributed by atoms with Crippen LogP contribution in [0.25, 0.3) is 10.8 Å². The van der Waals surface area contributed by atoms with E-state index in [0.717, 1.165) is 20.8 Å². The van der Waals surface area contributed by atoms with Gasteiger partial charge in [0.15, 0.2) is 0 Å². The molecule has 0 atom stereocenters. The predicted molar refractivity (Wildman–Crippen MR) is 56.0 cm³/mol. The Bertz CT molecular complexity index is 437. The Morgan fingerprint density at radius 2 is 2.00 bits per heavy atom. The maximum absolute atomic E-state index is 10.8. The second kappa shape index (κ2) is 3.48. The molecule has 0 aromatic heterocycles. The summed E-state index contributed by atoms with van der Waals surface area (Å²) in [5, 5.41) is 13.0. The van der Waals surface area contributed by atoms with E-state index in [4.69, 9.17) is 0 Å². The van der Waals surface area contributed by atoms with Crippen LogP contribution < -0.4 is 0 Å². The lowest BCUT2D eigenvalue weighted by Gasteiger charge is -2.02. The van der Waals surface area contributed by atoms with Gasteiger partial charge in [-0.3, -0.25) is 0 Å². The average Bonchev–Trinajstić information content (AvgIpc) is 2.17. The Balaban J connectivity index is 2.79. The molecule has 1 radical (unpaired) electrons. The molecule has 0 heterocycles. The van der Waals surface area contributed by atoms with Crippen LogP contribution in [0.2, 0.25) is 0 Å². The number of hydrogen-bond acceptors (Lipinski definition) is 0. The molecule has 0 spiro atoms. The Kier molecular flexibility index (Phi) is 2.34. The fourth-order valence-electron chi connectivity index (χ4n) is 1.44. The highest BCUT2D eigenvalue weighted by atomic mass is 79.9. The van der Waals surface area contributed by atoms with Crippen molar-refractivity contribution in [3.63, 3.8) is 0 Å². The summed E-state index contributed by atoms with van der Waals surface area (Å²) >= 11 is 3.39. The molecular weight excluding hydrogens is 228 g/mol. The molecule has 2 aromatic rings. The second-order valence-corrected chi connectivity index (χ2v) is 3.84. The van der Waals surface area contributed by atoms with Crippen molar-refractivity contribution >= 4 is 26.7 Å². The minimum Gasteiger partial charge on any atom is -0.232 e. The van der Waals surface area contributed by atoms with Crippen molar-refractivity contribution in [2.24, 2.45) is 0 Å².